The fourth-order valence-corrected chi connectivity index (χ4v) is 1.84. The number of benzene rings is 1. The van der Waals surface area contributed by atoms with Crippen LogP contribution in [0.3, 0.4) is 0 Å². The molecule has 0 radical (unpaired) electrons. The van der Waals surface area contributed by atoms with Gasteiger partial charge in [-0.05, 0) is 12.1 Å². The van der Waals surface area contributed by atoms with Crippen molar-refractivity contribution in [3.05, 3.63) is 42.3 Å². The first-order valence-corrected chi connectivity index (χ1v) is 5.08. The van der Waals surface area contributed by atoms with Crippen LogP contribution < -0.4 is 5.73 Å². The Balaban J connectivity index is 2.28. The Morgan fingerprint density at radius 1 is 1.20 bits per heavy atom. The van der Waals surface area contributed by atoms with Crippen LogP contribution in [0.2, 0.25) is 0 Å². The third kappa shape index (κ3) is 2.44. The first-order chi connectivity index (χ1) is 7.25. The van der Waals surface area contributed by atoms with Gasteiger partial charge in [0.25, 0.3) is 0 Å². The molecular weight excluding hydrogens is 213 g/mol. The lowest BCUT2D eigenvalue weighted by atomic mass is 10.4. The largest absolute Gasteiger partial charge is 0.368 e. The molecule has 0 amide bonds. The van der Waals surface area contributed by atoms with Gasteiger partial charge in [-0.15, -0.1) is 0 Å². The van der Waals surface area contributed by atoms with E-state index in [1.165, 1.54) is 11.8 Å². The molecule has 1 aromatic carbocycles. The fraction of sp³-hybridized carbons (Fsp3) is 0. The molecule has 76 valence electrons. The smallest absolute Gasteiger partial charge is 0.221 e. The summed E-state index contributed by atoms with van der Waals surface area (Å²) in [6, 6.07) is 9.41. The Morgan fingerprint density at radius 2 is 1.93 bits per heavy atom. The van der Waals surface area contributed by atoms with Crippen LogP contribution in [0.1, 0.15) is 0 Å². The van der Waals surface area contributed by atoms with Gasteiger partial charge in [0.2, 0.25) is 5.95 Å². The maximum atomic E-state index is 13.3. The quantitative estimate of drug-likeness (QED) is 0.791. The Bertz CT molecular complexity index is 461. The molecule has 0 bridgehead atoms. The van der Waals surface area contributed by atoms with Crippen molar-refractivity contribution in [2.45, 2.75) is 9.92 Å². The Labute approximate surface area is 90.6 Å². The first-order valence-electron chi connectivity index (χ1n) is 4.26. The summed E-state index contributed by atoms with van der Waals surface area (Å²) in [5.41, 5.74) is 5.38. The highest BCUT2D eigenvalue weighted by atomic mass is 32.2. The van der Waals surface area contributed by atoms with Gasteiger partial charge in [0.05, 0.1) is 6.20 Å². The minimum Gasteiger partial charge on any atom is -0.368 e. The van der Waals surface area contributed by atoms with Crippen molar-refractivity contribution in [1.29, 1.82) is 0 Å². The van der Waals surface area contributed by atoms with E-state index in [0.717, 1.165) is 11.1 Å². The first kappa shape index (κ1) is 9.92. The summed E-state index contributed by atoms with van der Waals surface area (Å²) in [6.45, 7) is 0. The average molecular weight is 221 g/mol. The number of anilines is 1. The molecule has 0 spiro atoms. The van der Waals surface area contributed by atoms with Gasteiger partial charge < -0.3 is 5.73 Å². The molecule has 3 nitrogen and oxygen atoms in total. The monoisotopic (exact) mass is 221 g/mol. The molecule has 0 saturated carbocycles. The molecule has 15 heavy (non-hydrogen) atoms. The van der Waals surface area contributed by atoms with Crippen LogP contribution in [0.25, 0.3) is 0 Å². The maximum Gasteiger partial charge on any atom is 0.221 e. The minimum absolute atomic E-state index is 0.0785. The zero-order valence-corrected chi connectivity index (χ0v) is 8.54. The van der Waals surface area contributed by atoms with Gasteiger partial charge in [-0.3, -0.25) is 0 Å². The standard InChI is InChI=1S/C10H8FN3S/c11-8-6-13-10(12)14-9(8)15-7-4-2-1-3-5-7/h1-6H,(H2,12,13,14). The number of nitrogens with zero attached hydrogens (tertiary/aromatic N) is 2. The maximum absolute atomic E-state index is 13.3. The second-order valence-electron chi connectivity index (χ2n) is 2.80. The van der Waals surface area contributed by atoms with Gasteiger partial charge in [0.15, 0.2) is 5.82 Å². The summed E-state index contributed by atoms with van der Waals surface area (Å²) in [5.74, 6) is -0.382. The van der Waals surface area contributed by atoms with Gasteiger partial charge in [-0.1, -0.05) is 30.0 Å². The van der Waals surface area contributed by atoms with Gasteiger partial charge in [-0.25, -0.2) is 14.4 Å². The second kappa shape index (κ2) is 4.27. The van der Waals surface area contributed by atoms with E-state index in [1.807, 2.05) is 30.3 Å². The van der Waals surface area contributed by atoms with Crippen LogP contribution in [-0.2, 0) is 0 Å². The van der Waals surface area contributed by atoms with Gasteiger partial charge in [0, 0.05) is 4.90 Å². The van der Waals surface area contributed by atoms with Gasteiger partial charge in [0.1, 0.15) is 5.03 Å². The molecule has 1 heterocycles. The number of nitrogen functional groups attached to an aromatic ring is 1. The summed E-state index contributed by atoms with van der Waals surface area (Å²) in [6.07, 6.45) is 1.08. The van der Waals surface area contributed by atoms with Gasteiger partial charge >= 0.3 is 0 Å². The molecule has 1 aromatic heterocycles. The zero-order valence-electron chi connectivity index (χ0n) is 7.72. The van der Waals surface area contributed by atoms with Crippen molar-refractivity contribution < 1.29 is 4.39 Å². The second-order valence-corrected chi connectivity index (χ2v) is 3.86. The lowest BCUT2D eigenvalue weighted by molar-refractivity contribution is 0.580. The van der Waals surface area contributed by atoms with Crippen molar-refractivity contribution >= 4 is 17.7 Å². The number of hydrogen-bond acceptors (Lipinski definition) is 4. The van der Waals surface area contributed by atoms with Crippen LogP contribution in [-0.4, -0.2) is 9.97 Å². The van der Waals surface area contributed by atoms with Crippen LogP contribution in [0.4, 0.5) is 10.3 Å². The Hall–Kier alpha value is -1.62. The number of hydrogen-bond donors (Lipinski definition) is 1. The normalized spacial score (nSPS) is 10.2. The van der Waals surface area contributed by atoms with E-state index >= 15 is 0 Å². The predicted octanol–water partition coefficient (Wildman–Crippen LogP) is 2.35. The van der Waals surface area contributed by atoms with Crippen LogP contribution in [0.5, 0.6) is 0 Å². The highest BCUT2D eigenvalue weighted by Gasteiger charge is 2.06. The molecule has 0 aliphatic carbocycles. The molecular formula is C10H8FN3S. The summed E-state index contributed by atoms with van der Waals surface area (Å²) in [7, 11) is 0. The lowest BCUT2D eigenvalue weighted by Gasteiger charge is -2.01. The summed E-state index contributed by atoms with van der Waals surface area (Å²) >= 11 is 1.22. The highest BCUT2D eigenvalue weighted by molar-refractivity contribution is 7.99. The van der Waals surface area contributed by atoms with Crippen molar-refractivity contribution in [1.82, 2.24) is 9.97 Å². The van der Waals surface area contributed by atoms with Crippen molar-refractivity contribution in [3.8, 4) is 0 Å². The Kier molecular flexibility index (Phi) is 2.82. The summed E-state index contributed by atoms with van der Waals surface area (Å²) < 4.78 is 13.3. The van der Waals surface area contributed by atoms with E-state index in [-0.39, 0.29) is 11.0 Å². The molecule has 5 heteroatoms. The van der Waals surface area contributed by atoms with Crippen LogP contribution in [0.15, 0.2) is 46.5 Å². The molecule has 2 aromatic rings. The number of aromatic nitrogens is 2. The minimum atomic E-state index is -0.460. The molecule has 0 atom stereocenters. The van der Waals surface area contributed by atoms with Gasteiger partial charge in [-0.2, -0.15) is 0 Å². The van der Waals surface area contributed by atoms with Crippen molar-refractivity contribution in [2.75, 3.05) is 5.73 Å². The van der Waals surface area contributed by atoms with Crippen molar-refractivity contribution in [2.24, 2.45) is 0 Å². The SMILES string of the molecule is Nc1ncc(F)c(Sc2ccccc2)n1. The third-order valence-corrected chi connectivity index (χ3v) is 2.68. The lowest BCUT2D eigenvalue weighted by Crippen LogP contribution is -1.97. The highest BCUT2D eigenvalue weighted by Crippen LogP contribution is 2.27. The van der Waals surface area contributed by atoms with Crippen LogP contribution >= 0.6 is 11.8 Å². The van der Waals surface area contributed by atoms with E-state index in [9.17, 15) is 4.39 Å². The number of nitrogens with two attached hydrogens (primary N) is 1. The van der Waals surface area contributed by atoms with Crippen molar-refractivity contribution in [3.63, 3.8) is 0 Å². The molecule has 0 saturated heterocycles. The molecule has 0 aliphatic heterocycles. The predicted molar refractivity (Wildman–Crippen MR) is 57.0 cm³/mol. The molecule has 0 fully saturated rings. The number of rotatable bonds is 2. The number of halogens is 1. The fourth-order valence-electron chi connectivity index (χ4n) is 1.04. The molecule has 2 rings (SSSR count). The zero-order chi connectivity index (χ0) is 10.7. The molecule has 0 aliphatic rings. The summed E-state index contributed by atoms with van der Waals surface area (Å²) in [5, 5.41) is 0.244. The van der Waals surface area contributed by atoms with E-state index in [0.29, 0.717) is 0 Å². The topological polar surface area (TPSA) is 51.8 Å². The van der Waals surface area contributed by atoms with E-state index in [2.05, 4.69) is 9.97 Å². The van der Waals surface area contributed by atoms with E-state index < -0.39 is 5.82 Å². The van der Waals surface area contributed by atoms with E-state index in [1.54, 1.807) is 0 Å². The van der Waals surface area contributed by atoms with Crippen LogP contribution in [0, 0.1) is 5.82 Å². The molecule has 0 unspecified atom stereocenters. The Morgan fingerprint density at radius 3 is 2.67 bits per heavy atom. The summed E-state index contributed by atoms with van der Waals surface area (Å²) in [4.78, 5) is 8.29. The third-order valence-electron chi connectivity index (χ3n) is 1.69. The average Bonchev–Trinajstić information content (AvgIpc) is 2.25. The molecule has 2 N–H and O–H groups in total. The van der Waals surface area contributed by atoms with E-state index in [4.69, 9.17) is 5.73 Å².